The van der Waals surface area contributed by atoms with Crippen molar-refractivity contribution in [1.29, 1.82) is 5.26 Å². The summed E-state index contributed by atoms with van der Waals surface area (Å²) in [6.07, 6.45) is 1.54. The predicted molar refractivity (Wildman–Crippen MR) is 97.2 cm³/mol. The summed E-state index contributed by atoms with van der Waals surface area (Å²) >= 11 is 0. The first-order valence-electron chi connectivity index (χ1n) is 8.36. The van der Waals surface area contributed by atoms with Gasteiger partial charge in [0.1, 0.15) is 12.6 Å². The van der Waals surface area contributed by atoms with Gasteiger partial charge in [0.05, 0.1) is 10.5 Å². The lowest BCUT2D eigenvalue weighted by Gasteiger charge is -2.34. The minimum Gasteiger partial charge on any atom is -0.339 e. The van der Waals surface area contributed by atoms with Crippen LogP contribution in [0, 0.1) is 11.3 Å². The van der Waals surface area contributed by atoms with E-state index in [2.05, 4.69) is 0 Å². The van der Waals surface area contributed by atoms with Gasteiger partial charge in [-0.05, 0) is 18.2 Å². The fraction of sp³-hybridized carbons (Fsp3) is 0.278. The summed E-state index contributed by atoms with van der Waals surface area (Å²) in [5, 5.41) is 9.14. The van der Waals surface area contributed by atoms with Gasteiger partial charge in [0.25, 0.3) is 5.56 Å². The number of rotatable bonds is 4. The summed E-state index contributed by atoms with van der Waals surface area (Å²) in [4.78, 5) is 25.6. The topological polar surface area (TPSA) is 103 Å². The molecule has 0 N–H and O–H groups in total. The smallest absolute Gasteiger partial charge is 0.250 e. The summed E-state index contributed by atoms with van der Waals surface area (Å²) in [6.45, 7) is 0.654. The van der Waals surface area contributed by atoms with Crippen LogP contribution in [0.3, 0.4) is 0 Å². The van der Waals surface area contributed by atoms with Crippen LogP contribution in [-0.4, -0.2) is 54.3 Å². The van der Waals surface area contributed by atoms with Crippen molar-refractivity contribution in [3.05, 3.63) is 64.6 Å². The fourth-order valence-electron chi connectivity index (χ4n) is 2.94. The van der Waals surface area contributed by atoms with Crippen LogP contribution in [0.4, 0.5) is 0 Å². The molecule has 0 spiro atoms. The van der Waals surface area contributed by atoms with Gasteiger partial charge in [0.2, 0.25) is 15.9 Å². The van der Waals surface area contributed by atoms with Crippen LogP contribution >= 0.6 is 0 Å². The number of hydrogen-bond acceptors (Lipinski definition) is 5. The maximum absolute atomic E-state index is 12.8. The number of sulfonamides is 1. The van der Waals surface area contributed by atoms with Gasteiger partial charge in [0, 0.05) is 38.4 Å². The van der Waals surface area contributed by atoms with Crippen molar-refractivity contribution in [2.24, 2.45) is 0 Å². The highest BCUT2D eigenvalue weighted by molar-refractivity contribution is 7.89. The van der Waals surface area contributed by atoms with Crippen molar-refractivity contribution in [3.63, 3.8) is 0 Å². The molecule has 0 aliphatic carbocycles. The van der Waals surface area contributed by atoms with E-state index in [4.69, 9.17) is 5.26 Å². The van der Waals surface area contributed by atoms with Gasteiger partial charge in [-0.15, -0.1) is 0 Å². The Labute approximate surface area is 156 Å². The Bertz CT molecular complexity index is 1050. The molecular formula is C18H18N4O4S. The third-order valence-corrected chi connectivity index (χ3v) is 6.38. The summed E-state index contributed by atoms with van der Waals surface area (Å²) in [6, 6.07) is 12.6. The van der Waals surface area contributed by atoms with Crippen LogP contribution in [-0.2, 0) is 21.4 Å². The first kappa shape index (κ1) is 18.8. The van der Waals surface area contributed by atoms with Crippen LogP contribution in [0.15, 0.2) is 58.4 Å². The molecule has 1 aliphatic rings. The molecular weight excluding hydrogens is 368 g/mol. The number of benzene rings is 1. The molecule has 1 aromatic heterocycles. The van der Waals surface area contributed by atoms with Gasteiger partial charge in [-0.1, -0.05) is 18.2 Å². The van der Waals surface area contributed by atoms with Crippen molar-refractivity contribution in [2.75, 3.05) is 26.2 Å². The summed E-state index contributed by atoms with van der Waals surface area (Å²) in [5.74, 6) is -0.238. The van der Waals surface area contributed by atoms with Gasteiger partial charge in [-0.2, -0.15) is 9.57 Å². The zero-order chi connectivity index (χ0) is 19.4. The Morgan fingerprint density at radius 1 is 1.04 bits per heavy atom. The van der Waals surface area contributed by atoms with Gasteiger partial charge in [-0.3, -0.25) is 9.59 Å². The highest BCUT2D eigenvalue weighted by Crippen LogP contribution is 2.21. The number of amides is 1. The van der Waals surface area contributed by atoms with Crippen molar-refractivity contribution in [1.82, 2.24) is 13.8 Å². The van der Waals surface area contributed by atoms with Crippen LogP contribution < -0.4 is 5.56 Å². The van der Waals surface area contributed by atoms with Crippen LogP contribution in [0.2, 0.25) is 0 Å². The second kappa shape index (κ2) is 7.73. The van der Waals surface area contributed by atoms with E-state index in [0.29, 0.717) is 0 Å². The van der Waals surface area contributed by atoms with Gasteiger partial charge >= 0.3 is 0 Å². The van der Waals surface area contributed by atoms with E-state index in [1.807, 2.05) is 6.07 Å². The normalized spacial score (nSPS) is 15.3. The molecule has 0 unspecified atom stereocenters. The molecule has 2 heterocycles. The molecule has 1 aromatic carbocycles. The third kappa shape index (κ3) is 3.92. The molecule has 3 rings (SSSR count). The average Bonchev–Trinajstić information content (AvgIpc) is 2.69. The predicted octanol–water partition coefficient (Wildman–Crippen LogP) is 0.253. The first-order valence-corrected chi connectivity index (χ1v) is 9.80. The number of nitriles is 1. The molecule has 1 aliphatic heterocycles. The lowest BCUT2D eigenvalue weighted by molar-refractivity contribution is -0.133. The molecule has 9 heteroatoms. The molecule has 27 heavy (non-hydrogen) atoms. The largest absolute Gasteiger partial charge is 0.339 e. The van der Waals surface area contributed by atoms with Crippen molar-refractivity contribution in [3.8, 4) is 6.07 Å². The maximum atomic E-state index is 12.8. The van der Waals surface area contributed by atoms with Gasteiger partial charge < -0.3 is 9.47 Å². The number of pyridine rings is 1. The summed E-state index contributed by atoms with van der Waals surface area (Å²) in [5.41, 5.74) is -0.167. The van der Waals surface area contributed by atoms with E-state index >= 15 is 0 Å². The van der Waals surface area contributed by atoms with Crippen molar-refractivity contribution < 1.29 is 13.2 Å². The fourth-order valence-corrected chi connectivity index (χ4v) is 4.50. The van der Waals surface area contributed by atoms with Gasteiger partial charge in [-0.25, -0.2) is 8.42 Å². The maximum Gasteiger partial charge on any atom is 0.250 e. The number of carbonyl (C=O) groups is 1. The number of nitrogens with zero attached hydrogens (tertiary/aromatic N) is 4. The van der Waals surface area contributed by atoms with Gasteiger partial charge in [0.15, 0.2) is 0 Å². The van der Waals surface area contributed by atoms with E-state index in [0.717, 1.165) is 0 Å². The number of aromatic nitrogens is 1. The Hall–Kier alpha value is -2.96. The summed E-state index contributed by atoms with van der Waals surface area (Å²) in [7, 11) is -3.80. The first-order chi connectivity index (χ1) is 12.9. The molecule has 1 fully saturated rings. The molecule has 1 saturated heterocycles. The summed E-state index contributed by atoms with van der Waals surface area (Å²) < 4.78 is 28.2. The second-order valence-electron chi connectivity index (χ2n) is 6.06. The Balaban J connectivity index is 1.68. The number of carbonyl (C=O) groups excluding carboxylic acids is 1. The second-order valence-corrected chi connectivity index (χ2v) is 7.97. The lowest BCUT2D eigenvalue weighted by atomic mass is 10.2. The van der Waals surface area contributed by atoms with E-state index < -0.39 is 10.0 Å². The molecule has 140 valence electrons. The standard InChI is InChI=1S/C18H18N4O4S/c19-13-15-5-1-2-6-16(15)27(25,26)22-11-9-20(10-12-22)18(24)14-21-8-4-3-7-17(21)23/h1-8H,9-12,14H2. The molecule has 1 amide bonds. The molecule has 0 radical (unpaired) electrons. The Morgan fingerprint density at radius 3 is 2.37 bits per heavy atom. The highest BCUT2D eigenvalue weighted by atomic mass is 32.2. The lowest BCUT2D eigenvalue weighted by Crippen LogP contribution is -2.51. The van der Waals surface area contributed by atoms with Crippen molar-refractivity contribution in [2.45, 2.75) is 11.4 Å². The minimum atomic E-state index is -3.80. The number of piperazine rings is 1. The SMILES string of the molecule is N#Cc1ccccc1S(=O)(=O)N1CCN(C(=O)Cn2ccccc2=O)CC1. The van der Waals surface area contributed by atoms with E-state index in [-0.39, 0.29) is 54.6 Å². The monoisotopic (exact) mass is 386 g/mol. The number of hydrogen-bond donors (Lipinski definition) is 0. The van der Waals surface area contributed by atoms with E-state index in [1.54, 1.807) is 35.4 Å². The van der Waals surface area contributed by atoms with Crippen molar-refractivity contribution >= 4 is 15.9 Å². The third-order valence-electron chi connectivity index (χ3n) is 4.42. The van der Waals surface area contributed by atoms with Crippen LogP contribution in [0.1, 0.15) is 5.56 Å². The molecule has 2 aromatic rings. The molecule has 0 saturated carbocycles. The quantitative estimate of drug-likeness (QED) is 0.749. The van der Waals surface area contributed by atoms with E-state index in [9.17, 15) is 18.0 Å². The molecule has 8 nitrogen and oxygen atoms in total. The molecule has 0 atom stereocenters. The van der Waals surface area contributed by atoms with Crippen LogP contribution in [0.25, 0.3) is 0 Å². The average molecular weight is 386 g/mol. The van der Waals surface area contributed by atoms with Crippen LogP contribution in [0.5, 0.6) is 0 Å². The Morgan fingerprint density at radius 2 is 1.70 bits per heavy atom. The zero-order valence-corrected chi connectivity index (χ0v) is 15.3. The Kier molecular flexibility index (Phi) is 5.39. The molecule has 0 bridgehead atoms. The van der Waals surface area contributed by atoms with E-state index in [1.165, 1.54) is 27.1 Å². The zero-order valence-electron chi connectivity index (χ0n) is 14.5. The minimum absolute atomic E-state index is 0.0249. The highest BCUT2D eigenvalue weighted by Gasteiger charge is 2.31.